The van der Waals surface area contributed by atoms with Crippen LogP contribution in [0, 0.1) is 5.92 Å². The highest BCUT2D eigenvalue weighted by molar-refractivity contribution is 5.79. The fourth-order valence-corrected chi connectivity index (χ4v) is 2.99. The van der Waals surface area contributed by atoms with Gasteiger partial charge in [-0.2, -0.15) is 0 Å². The number of benzene rings is 1. The van der Waals surface area contributed by atoms with Crippen LogP contribution in [0.4, 0.5) is 0 Å². The van der Waals surface area contributed by atoms with Gasteiger partial charge in [-0.3, -0.25) is 4.99 Å². The van der Waals surface area contributed by atoms with E-state index in [2.05, 4.69) is 36.3 Å². The first-order chi connectivity index (χ1) is 13.2. The van der Waals surface area contributed by atoms with E-state index < -0.39 is 0 Å². The van der Waals surface area contributed by atoms with Crippen LogP contribution in [0.25, 0.3) is 0 Å². The minimum Gasteiger partial charge on any atom is -0.494 e. The lowest BCUT2D eigenvalue weighted by molar-refractivity contribution is 0.0893. The summed E-state index contributed by atoms with van der Waals surface area (Å²) in [6, 6.07) is 8.24. The van der Waals surface area contributed by atoms with E-state index >= 15 is 0 Å². The molecule has 1 heterocycles. The maximum atomic E-state index is 5.75. The van der Waals surface area contributed by atoms with Gasteiger partial charge in [0.15, 0.2) is 5.96 Å². The minimum atomic E-state index is 0.575. The Labute approximate surface area is 163 Å². The Morgan fingerprint density at radius 1 is 1.30 bits per heavy atom. The predicted octanol–water partition coefficient (Wildman–Crippen LogP) is 2.93. The summed E-state index contributed by atoms with van der Waals surface area (Å²) < 4.78 is 16.6. The quantitative estimate of drug-likeness (QED) is 0.365. The molecule has 0 aliphatic carbocycles. The van der Waals surface area contributed by atoms with Gasteiger partial charge in [0.25, 0.3) is 0 Å². The number of rotatable bonds is 11. The third-order valence-electron chi connectivity index (χ3n) is 4.44. The molecule has 6 heteroatoms. The van der Waals surface area contributed by atoms with Crippen molar-refractivity contribution in [3.63, 3.8) is 0 Å². The van der Waals surface area contributed by atoms with Crippen molar-refractivity contribution < 1.29 is 14.2 Å². The van der Waals surface area contributed by atoms with E-state index in [1.54, 1.807) is 0 Å². The van der Waals surface area contributed by atoms with Crippen LogP contribution in [-0.2, 0) is 16.0 Å². The zero-order valence-corrected chi connectivity index (χ0v) is 17.1. The van der Waals surface area contributed by atoms with Crippen molar-refractivity contribution in [3.8, 4) is 5.75 Å². The van der Waals surface area contributed by atoms with Crippen molar-refractivity contribution in [3.05, 3.63) is 29.8 Å². The average molecular weight is 378 g/mol. The summed E-state index contributed by atoms with van der Waals surface area (Å²) >= 11 is 0. The molecule has 1 atom stereocenters. The molecule has 0 radical (unpaired) electrons. The maximum Gasteiger partial charge on any atom is 0.193 e. The molecule has 0 bridgehead atoms. The molecular weight excluding hydrogens is 342 g/mol. The van der Waals surface area contributed by atoms with Gasteiger partial charge in [0.05, 0.1) is 19.8 Å². The van der Waals surface area contributed by atoms with Crippen molar-refractivity contribution in [2.24, 2.45) is 10.9 Å². The topological polar surface area (TPSA) is 55.3 Å². The van der Waals surface area contributed by atoms with Crippen LogP contribution < -0.4 is 10.1 Å². The van der Waals surface area contributed by atoms with Crippen LogP contribution in [0.1, 0.15) is 32.3 Å². The Hall–Kier alpha value is -1.79. The van der Waals surface area contributed by atoms with Gasteiger partial charge < -0.3 is 24.4 Å². The third-order valence-corrected chi connectivity index (χ3v) is 4.44. The number of hydrogen-bond acceptors (Lipinski definition) is 4. The Morgan fingerprint density at radius 2 is 2.11 bits per heavy atom. The van der Waals surface area contributed by atoms with Crippen molar-refractivity contribution in [1.82, 2.24) is 10.2 Å². The molecule has 27 heavy (non-hydrogen) atoms. The molecule has 1 aromatic carbocycles. The summed E-state index contributed by atoms with van der Waals surface area (Å²) in [4.78, 5) is 6.88. The van der Waals surface area contributed by atoms with Gasteiger partial charge in [0.2, 0.25) is 0 Å². The second-order valence-corrected chi connectivity index (χ2v) is 6.83. The van der Waals surface area contributed by atoms with Gasteiger partial charge >= 0.3 is 0 Å². The fourth-order valence-electron chi connectivity index (χ4n) is 2.99. The highest BCUT2D eigenvalue weighted by atomic mass is 16.5. The summed E-state index contributed by atoms with van der Waals surface area (Å²) in [5.41, 5.74) is 1.23. The van der Waals surface area contributed by atoms with E-state index in [1.807, 2.05) is 19.1 Å². The Morgan fingerprint density at radius 3 is 2.78 bits per heavy atom. The monoisotopic (exact) mass is 377 g/mol. The van der Waals surface area contributed by atoms with E-state index in [1.165, 1.54) is 5.56 Å². The molecule has 1 N–H and O–H groups in total. The Kier molecular flexibility index (Phi) is 10.0. The van der Waals surface area contributed by atoms with Crippen LogP contribution in [0.5, 0.6) is 5.75 Å². The highest BCUT2D eigenvalue weighted by Crippen LogP contribution is 2.14. The molecule has 2 rings (SSSR count). The molecule has 1 unspecified atom stereocenters. The van der Waals surface area contributed by atoms with Gasteiger partial charge in [-0.1, -0.05) is 12.1 Å². The van der Waals surface area contributed by atoms with Crippen LogP contribution in [-0.4, -0.2) is 64.0 Å². The van der Waals surface area contributed by atoms with E-state index in [0.29, 0.717) is 12.5 Å². The first-order valence-corrected chi connectivity index (χ1v) is 10.1. The van der Waals surface area contributed by atoms with Crippen molar-refractivity contribution >= 4 is 5.96 Å². The molecule has 0 saturated carbocycles. The van der Waals surface area contributed by atoms with Gasteiger partial charge in [0.1, 0.15) is 5.75 Å². The first-order valence-electron chi connectivity index (χ1n) is 10.1. The Bertz CT molecular complexity index is 542. The summed E-state index contributed by atoms with van der Waals surface area (Å²) in [7, 11) is 2.06. The molecular formula is C21H35N3O3. The zero-order valence-electron chi connectivity index (χ0n) is 17.1. The molecule has 1 aliphatic rings. The number of hydrogen-bond donors (Lipinski definition) is 1. The van der Waals surface area contributed by atoms with Crippen molar-refractivity contribution in [2.45, 2.75) is 33.2 Å². The van der Waals surface area contributed by atoms with Crippen LogP contribution in [0.15, 0.2) is 29.3 Å². The lowest BCUT2D eigenvalue weighted by Gasteiger charge is -2.22. The summed E-state index contributed by atoms with van der Waals surface area (Å²) in [6.45, 7) is 10.5. The second kappa shape index (κ2) is 12.6. The molecule has 6 nitrogen and oxygen atoms in total. The number of ether oxygens (including phenoxy) is 3. The summed E-state index contributed by atoms with van der Waals surface area (Å²) in [5, 5.41) is 3.36. The number of nitrogens with one attached hydrogen (secondary N) is 1. The lowest BCUT2D eigenvalue weighted by atomic mass is 10.1. The van der Waals surface area contributed by atoms with Crippen molar-refractivity contribution in [2.75, 3.05) is 53.2 Å². The lowest BCUT2D eigenvalue weighted by Crippen LogP contribution is -2.38. The van der Waals surface area contributed by atoms with E-state index in [9.17, 15) is 0 Å². The minimum absolute atomic E-state index is 0.575. The summed E-state index contributed by atoms with van der Waals surface area (Å²) in [5.74, 6) is 2.41. The van der Waals surface area contributed by atoms with Crippen molar-refractivity contribution in [1.29, 1.82) is 0 Å². The smallest absolute Gasteiger partial charge is 0.193 e. The zero-order chi connectivity index (χ0) is 19.3. The number of nitrogens with zero attached hydrogens (tertiary/aromatic N) is 2. The normalized spacial score (nSPS) is 17.1. The van der Waals surface area contributed by atoms with Gasteiger partial charge in [-0.05, 0) is 44.4 Å². The Balaban J connectivity index is 1.73. The van der Waals surface area contributed by atoms with Gasteiger partial charge in [-0.25, -0.2) is 0 Å². The predicted molar refractivity (Wildman–Crippen MR) is 109 cm³/mol. The number of aliphatic imine (C=N–C) groups is 1. The largest absolute Gasteiger partial charge is 0.494 e. The highest BCUT2D eigenvalue weighted by Gasteiger charge is 2.15. The molecule has 0 aromatic heterocycles. The molecule has 1 fully saturated rings. The molecule has 1 aliphatic heterocycles. The molecule has 152 valence electrons. The van der Waals surface area contributed by atoms with Crippen LogP contribution in [0.2, 0.25) is 0 Å². The van der Waals surface area contributed by atoms with Gasteiger partial charge in [-0.15, -0.1) is 0 Å². The molecule has 1 aromatic rings. The second-order valence-electron chi connectivity index (χ2n) is 6.83. The molecule has 0 amide bonds. The number of guanidine groups is 1. The van der Waals surface area contributed by atoms with E-state index in [-0.39, 0.29) is 0 Å². The standard InChI is InChI=1S/C21H35N3O3/c1-4-22-21(23-12-6-13-25-16-19-11-14-26-17-19)24(3)15-18-7-9-20(10-8-18)27-5-2/h7-10,19H,4-6,11-17H2,1-3H3,(H,22,23). The SMILES string of the molecule is CCNC(=NCCCOCC1CCOC1)N(C)Cc1ccc(OCC)cc1. The van der Waals surface area contributed by atoms with E-state index in [4.69, 9.17) is 19.2 Å². The fraction of sp³-hybridized carbons (Fsp3) is 0.667. The third kappa shape index (κ3) is 8.18. The maximum absolute atomic E-state index is 5.75. The molecule has 1 saturated heterocycles. The van der Waals surface area contributed by atoms with Crippen LogP contribution in [0.3, 0.4) is 0 Å². The van der Waals surface area contributed by atoms with Crippen LogP contribution >= 0.6 is 0 Å². The molecule has 0 spiro atoms. The van der Waals surface area contributed by atoms with E-state index in [0.717, 1.165) is 70.6 Å². The first kappa shape index (κ1) is 21.5. The van der Waals surface area contributed by atoms with Gasteiger partial charge in [0, 0.05) is 45.8 Å². The average Bonchev–Trinajstić information content (AvgIpc) is 3.19. The summed E-state index contributed by atoms with van der Waals surface area (Å²) in [6.07, 6.45) is 2.05.